The summed E-state index contributed by atoms with van der Waals surface area (Å²) in [5.41, 5.74) is 0. The van der Waals surface area contributed by atoms with Gasteiger partial charge in [-0.25, -0.2) is 0 Å². The van der Waals surface area contributed by atoms with Crippen LogP contribution >= 0.6 is 31.9 Å². The zero-order valence-electron chi connectivity index (χ0n) is 7.09. The van der Waals surface area contributed by atoms with E-state index >= 15 is 0 Å². The SMILES string of the molecule is COC(=O)CC(=O)OC(CBr)CBr. The van der Waals surface area contributed by atoms with Crippen molar-refractivity contribution in [1.29, 1.82) is 0 Å². The second-order valence-electron chi connectivity index (χ2n) is 2.17. The molecule has 0 aliphatic rings. The summed E-state index contributed by atoms with van der Waals surface area (Å²) in [7, 11) is 1.22. The normalized spacial score (nSPS) is 9.85. The van der Waals surface area contributed by atoms with Crippen molar-refractivity contribution in [3.8, 4) is 0 Å². The molecule has 0 N–H and O–H groups in total. The van der Waals surface area contributed by atoms with Crippen molar-refractivity contribution in [3.05, 3.63) is 0 Å². The molecule has 0 spiro atoms. The first-order valence-corrected chi connectivity index (χ1v) is 5.76. The maximum absolute atomic E-state index is 11.0. The minimum Gasteiger partial charge on any atom is -0.469 e. The van der Waals surface area contributed by atoms with E-state index in [1.165, 1.54) is 7.11 Å². The third-order valence-electron chi connectivity index (χ3n) is 1.16. The molecular formula is C7H10Br2O4. The van der Waals surface area contributed by atoms with E-state index in [4.69, 9.17) is 4.74 Å². The number of rotatable bonds is 5. The Morgan fingerprint density at radius 1 is 1.23 bits per heavy atom. The number of ether oxygens (including phenoxy) is 2. The van der Waals surface area contributed by atoms with Crippen LogP contribution < -0.4 is 0 Å². The lowest BCUT2D eigenvalue weighted by Gasteiger charge is -2.11. The van der Waals surface area contributed by atoms with Crippen LogP contribution in [-0.2, 0) is 19.1 Å². The van der Waals surface area contributed by atoms with Gasteiger partial charge in [-0.15, -0.1) is 0 Å². The molecule has 0 aromatic heterocycles. The topological polar surface area (TPSA) is 52.6 Å². The summed E-state index contributed by atoms with van der Waals surface area (Å²) in [5, 5.41) is 1.07. The Morgan fingerprint density at radius 2 is 1.77 bits per heavy atom. The van der Waals surface area contributed by atoms with Gasteiger partial charge in [-0.1, -0.05) is 31.9 Å². The smallest absolute Gasteiger partial charge is 0.317 e. The number of hydrogen-bond acceptors (Lipinski definition) is 4. The van der Waals surface area contributed by atoms with Crippen molar-refractivity contribution in [1.82, 2.24) is 0 Å². The third kappa shape index (κ3) is 6.04. The van der Waals surface area contributed by atoms with Crippen LogP contribution in [0.25, 0.3) is 0 Å². The number of hydrogen-bond donors (Lipinski definition) is 0. The van der Waals surface area contributed by atoms with Crippen LogP contribution in [0.1, 0.15) is 6.42 Å². The quantitative estimate of drug-likeness (QED) is 0.435. The van der Waals surface area contributed by atoms with Crippen LogP contribution in [0.5, 0.6) is 0 Å². The number of carbonyl (C=O) groups is 2. The van der Waals surface area contributed by atoms with Crippen molar-refractivity contribution in [2.75, 3.05) is 17.8 Å². The van der Waals surface area contributed by atoms with Gasteiger partial charge in [-0.2, -0.15) is 0 Å². The average molecular weight is 318 g/mol. The molecule has 0 rings (SSSR count). The van der Waals surface area contributed by atoms with Crippen LogP contribution in [0.4, 0.5) is 0 Å². The summed E-state index contributed by atoms with van der Waals surface area (Å²) in [6, 6.07) is 0. The van der Waals surface area contributed by atoms with Gasteiger partial charge in [0.2, 0.25) is 0 Å². The first kappa shape index (κ1) is 12.9. The Labute approximate surface area is 93.2 Å². The van der Waals surface area contributed by atoms with Gasteiger partial charge in [0.15, 0.2) is 0 Å². The molecule has 0 bridgehead atoms. The molecule has 0 aromatic rings. The van der Waals surface area contributed by atoms with Gasteiger partial charge in [0, 0.05) is 10.7 Å². The predicted octanol–water partition coefficient (Wildman–Crippen LogP) is 1.25. The summed E-state index contributed by atoms with van der Waals surface area (Å²) in [6.07, 6.45) is -0.593. The molecule has 0 fully saturated rings. The highest BCUT2D eigenvalue weighted by molar-refractivity contribution is 9.09. The number of halogens is 2. The van der Waals surface area contributed by atoms with E-state index in [0.29, 0.717) is 10.7 Å². The molecule has 0 aliphatic heterocycles. The fraction of sp³-hybridized carbons (Fsp3) is 0.714. The first-order valence-electron chi connectivity index (χ1n) is 3.52. The monoisotopic (exact) mass is 316 g/mol. The molecular weight excluding hydrogens is 308 g/mol. The second kappa shape index (κ2) is 7.32. The van der Waals surface area contributed by atoms with Crippen molar-refractivity contribution in [3.63, 3.8) is 0 Å². The predicted molar refractivity (Wildman–Crippen MR) is 54.1 cm³/mol. The molecule has 6 heteroatoms. The number of alkyl halides is 2. The first-order chi connectivity index (χ1) is 6.13. The Balaban J connectivity index is 3.79. The van der Waals surface area contributed by atoms with E-state index in [9.17, 15) is 9.59 Å². The van der Waals surface area contributed by atoms with Gasteiger partial charge < -0.3 is 9.47 Å². The van der Waals surface area contributed by atoms with Crippen molar-refractivity contribution >= 4 is 43.8 Å². The lowest BCUT2D eigenvalue weighted by molar-refractivity contribution is -0.154. The second-order valence-corrected chi connectivity index (χ2v) is 3.47. The van der Waals surface area contributed by atoms with Gasteiger partial charge in [0.25, 0.3) is 0 Å². The van der Waals surface area contributed by atoms with Gasteiger partial charge in [-0.05, 0) is 0 Å². The van der Waals surface area contributed by atoms with Gasteiger partial charge in [0.1, 0.15) is 12.5 Å². The Kier molecular flexibility index (Phi) is 7.26. The van der Waals surface area contributed by atoms with Crippen molar-refractivity contribution in [2.24, 2.45) is 0 Å². The summed E-state index contributed by atoms with van der Waals surface area (Å²) in [4.78, 5) is 21.6. The maximum atomic E-state index is 11.0. The fourth-order valence-corrected chi connectivity index (χ4v) is 1.86. The molecule has 0 saturated heterocycles. The minimum atomic E-state index is -0.590. The Hall–Kier alpha value is -0.100. The summed E-state index contributed by atoms with van der Waals surface area (Å²) in [5.74, 6) is -1.16. The van der Waals surface area contributed by atoms with Crippen LogP contribution in [0, 0.1) is 0 Å². The summed E-state index contributed by atoms with van der Waals surface area (Å²) >= 11 is 6.33. The van der Waals surface area contributed by atoms with Crippen LogP contribution in [0.3, 0.4) is 0 Å². The molecule has 0 aromatic carbocycles. The highest BCUT2D eigenvalue weighted by Crippen LogP contribution is 2.03. The van der Waals surface area contributed by atoms with Crippen molar-refractivity contribution in [2.45, 2.75) is 12.5 Å². The lowest BCUT2D eigenvalue weighted by atomic mass is 10.4. The van der Waals surface area contributed by atoms with E-state index in [0.717, 1.165) is 0 Å². The van der Waals surface area contributed by atoms with Gasteiger partial charge in [0.05, 0.1) is 7.11 Å². The molecule has 0 atom stereocenters. The number of methoxy groups -OCH3 is 1. The van der Waals surface area contributed by atoms with Crippen molar-refractivity contribution < 1.29 is 19.1 Å². The fourth-order valence-electron chi connectivity index (χ4n) is 0.522. The van der Waals surface area contributed by atoms with Crippen LogP contribution in [0.2, 0.25) is 0 Å². The van der Waals surface area contributed by atoms with E-state index < -0.39 is 11.9 Å². The molecule has 76 valence electrons. The standard InChI is InChI=1S/C7H10Br2O4/c1-12-6(10)2-7(11)13-5(3-8)4-9/h5H,2-4H2,1H3. The highest BCUT2D eigenvalue weighted by atomic mass is 79.9. The number of carbonyl (C=O) groups excluding carboxylic acids is 2. The van der Waals surface area contributed by atoms with E-state index in [2.05, 4.69) is 36.6 Å². The minimum absolute atomic E-state index is 0.253. The van der Waals surface area contributed by atoms with E-state index in [-0.39, 0.29) is 12.5 Å². The molecule has 0 amide bonds. The van der Waals surface area contributed by atoms with Gasteiger partial charge in [-0.3, -0.25) is 9.59 Å². The number of esters is 2. The average Bonchev–Trinajstić information content (AvgIpc) is 2.13. The summed E-state index contributed by atoms with van der Waals surface area (Å²) in [6.45, 7) is 0. The molecule has 4 nitrogen and oxygen atoms in total. The largest absolute Gasteiger partial charge is 0.469 e. The lowest BCUT2D eigenvalue weighted by Crippen LogP contribution is -2.23. The maximum Gasteiger partial charge on any atom is 0.317 e. The molecule has 0 radical (unpaired) electrons. The van der Waals surface area contributed by atoms with E-state index in [1.807, 2.05) is 0 Å². The Bertz CT molecular complexity index is 179. The molecule has 13 heavy (non-hydrogen) atoms. The summed E-state index contributed by atoms with van der Waals surface area (Å²) < 4.78 is 9.19. The molecule has 0 heterocycles. The van der Waals surface area contributed by atoms with Crippen LogP contribution in [-0.4, -0.2) is 35.8 Å². The zero-order chi connectivity index (χ0) is 10.3. The van der Waals surface area contributed by atoms with Gasteiger partial charge >= 0.3 is 11.9 Å². The molecule has 0 saturated carbocycles. The Morgan fingerprint density at radius 3 is 2.15 bits per heavy atom. The highest BCUT2D eigenvalue weighted by Gasteiger charge is 2.15. The molecule has 0 unspecified atom stereocenters. The van der Waals surface area contributed by atoms with Crippen LogP contribution in [0.15, 0.2) is 0 Å². The molecule has 0 aliphatic carbocycles. The zero-order valence-corrected chi connectivity index (χ0v) is 10.3. The van der Waals surface area contributed by atoms with E-state index in [1.54, 1.807) is 0 Å². The third-order valence-corrected chi connectivity index (χ3v) is 2.60.